The second-order valence-electron chi connectivity index (χ2n) is 12.1. The SMILES string of the molecule is CC(CC(=O)Cn1cnnn1)C1C(=O)N2C(C(=O)O)=C(SC3CNC(C(=O)N4CC5CC(CO)NC5C4)C3)C(C)C12. The topological polar surface area (TPSA) is 183 Å². The van der Waals surface area contributed by atoms with Crippen molar-refractivity contribution in [2.45, 2.75) is 69.1 Å². The Bertz CT molecular complexity index is 1240. The number of thioether (sulfide) groups is 1. The zero-order valence-corrected chi connectivity index (χ0v) is 23.9. The Hall–Kier alpha value is -2.88. The molecule has 14 nitrogen and oxygen atoms in total. The number of ketones is 1. The van der Waals surface area contributed by atoms with Gasteiger partial charge in [0.25, 0.3) is 0 Å². The molecule has 6 rings (SSSR count). The number of Topliss-reactive ketones (excluding diaryl/α,β-unsaturated/α-hetero) is 1. The molecule has 2 amide bonds. The maximum absolute atomic E-state index is 13.3. The summed E-state index contributed by atoms with van der Waals surface area (Å²) >= 11 is 1.46. The highest BCUT2D eigenvalue weighted by Gasteiger charge is 2.60. The van der Waals surface area contributed by atoms with E-state index in [1.807, 2.05) is 18.7 Å². The fraction of sp³-hybridized carbons (Fsp3) is 0.731. The number of carboxylic acid groups (broad SMARTS) is 1. The van der Waals surface area contributed by atoms with Gasteiger partial charge in [-0.2, -0.15) is 0 Å². The first-order valence-corrected chi connectivity index (χ1v) is 15.1. The molecular weight excluding hydrogens is 552 g/mol. The van der Waals surface area contributed by atoms with Gasteiger partial charge in [-0.15, -0.1) is 16.9 Å². The molecule has 1 aromatic heterocycles. The molecule has 6 heterocycles. The number of carbonyl (C=O) groups excluding carboxylic acids is 3. The molecule has 5 aliphatic rings. The lowest BCUT2D eigenvalue weighted by Gasteiger charge is -2.47. The van der Waals surface area contributed by atoms with Crippen molar-refractivity contribution in [1.29, 1.82) is 0 Å². The van der Waals surface area contributed by atoms with Gasteiger partial charge < -0.3 is 30.6 Å². The number of carboxylic acids is 1. The number of hydrogen-bond donors (Lipinski definition) is 4. The predicted molar refractivity (Wildman–Crippen MR) is 145 cm³/mol. The van der Waals surface area contributed by atoms with Gasteiger partial charge in [0.15, 0.2) is 5.78 Å². The van der Waals surface area contributed by atoms with E-state index in [1.54, 1.807) is 0 Å². The summed E-state index contributed by atoms with van der Waals surface area (Å²) in [5.74, 6) is -1.95. The Kier molecular flexibility index (Phi) is 7.63. The third-order valence-corrected chi connectivity index (χ3v) is 10.9. The zero-order valence-electron chi connectivity index (χ0n) is 23.0. The van der Waals surface area contributed by atoms with Crippen LogP contribution in [-0.2, 0) is 25.7 Å². The fourth-order valence-corrected chi connectivity index (χ4v) is 8.95. The number of rotatable bonds is 10. The highest BCUT2D eigenvalue weighted by atomic mass is 32.2. The molecule has 0 aliphatic carbocycles. The van der Waals surface area contributed by atoms with Crippen LogP contribution in [-0.4, -0.2) is 119 Å². The number of aromatic nitrogens is 4. The Morgan fingerprint density at radius 3 is 2.73 bits per heavy atom. The maximum Gasteiger partial charge on any atom is 0.353 e. The zero-order chi connectivity index (χ0) is 29.0. The highest BCUT2D eigenvalue weighted by molar-refractivity contribution is 8.03. The second kappa shape index (κ2) is 11.1. The molecular formula is C26H36N8O6S. The third-order valence-electron chi connectivity index (χ3n) is 9.38. The Balaban J connectivity index is 1.07. The number of tetrazole rings is 1. The highest BCUT2D eigenvalue weighted by Crippen LogP contribution is 2.53. The van der Waals surface area contributed by atoms with Crippen LogP contribution in [0.5, 0.6) is 0 Å². The molecule has 1 aromatic rings. The average Bonchev–Trinajstić information content (AvgIpc) is 3.73. The van der Waals surface area contributed by atoms with Crippen LogP contribution >= 0.6 is 11.8 Å². The Labute approximate surface area is 241 Å². The van der Waals surface area contributed by atoms with E-state index in [-0.39, 0.29) is 84.1 Å². The van der Waals surface area contributed by atoms with Crippen LogP contribution in [0.3, 0.4) is 0 Å². The Morgan fingerprint density at radius 1 is 1.24 bits per heavy atom. The van der Waals surface area contributed by atoms with Gasteiger partial charge in [-0.3, -0.25) is 14.4 Å². The van der Waals surface area contributed by atoms with Crippen molar-refractivity contribution in [2.75, 3.05) is 26.2 Å². The standard InChI is InChI=1S/C26H36N8O6S/c1-12(3-16(36)8-33-11-28-30-31-33)20-21-13(2)23(22(26(39)40)34(21)25(20)38)41-17-5-18(27-6-17)24(37)32-7-14-4-15(10-35)29-19(14)9-32/h11-15,17-21,27,29,35H,3-10H2,1-2H3,(H,39,40). The molecule has 0 saturated carbocycles. The van der Waals surface area contributed by atoms with E-state index in [0.29, 0.717) is 36.9 Å². The number of fused-ring (bicyclic) bond motifs is 2. The quantitative estimate of drug-likeness (QED) is 0.237. The lowest BCUT2D eigenvalue weighted by molar-refractivity contribution is -0.160. The predicted octanol–water partition coefficient (Wildman–Crippen LogP) is -1.31. The van der Waals surface area contributed by atoms with E-state index in [1.165, 1.54) is 27.7 Å². The number of carbonyl (C=O) groups is 4. The number of likely N-dealkylation sites (tertiary alicyclic amines) is 1. The van der Waals surface area contributed by atoms with E-state index in [4.69, 9.17) is 0 Å². The summed E-state index contributed by atoms with van der Waals surface area (Å²) in [6, 6.07) is -0.311. The minimum atomic E-state index is -1.13. The first-order chi connectivity index (χ1) is 19.7. The summed E-state index contributed by atoms with van der Waals surface area (Å²) in [4.78, 5) is 55.4. The molecule has 4 saturated heterocycles. The molecule has 0 bridgehead atoms. The van der Waals surface area contributed by atoms with E-state index < -0.39 is 11.9 Å². The smallest absolute Gasteiger partial charge is 0.353 e. The van der Waals surface area contributed by atoms with Gasteiger partial charge in [0.05, 0.1) is 24.6 Å². The molecule has 9 atom stereocenters. The maximum atomic E-state index is 13.3. The summed E-state index contributed by atoms with van der Waals surface area (Å²) in [6.45, 7) is 5.84. The molecule has 41 heavy (non-hydrogen) atoms. The molecule has 4 N–H and O–H groups in total. The van der Waals surface area contributed by atoms with Gasteiger partial charge in [0.2, 0.25) is 11.8 Å². The van der Waals surface area contributed by atoms with Gasteiger partial charge in [-0.05, 0) is 35.1 Å². The molecule has 0 radical (unpaired) electrons. The van der Waals surface area contributed by atoms with Gasteiger partial charge in [0, 0.05) is 54.2 Å². The van der Waals surface area contributed by atoms with Crippen LogP contribution in [0.4, 0.5) is 0 Å². The summed E-state index contributed by atoms with van der Waals surface area (Å²) in [5.41, 5.74) is 0.0348. The third kappa shape index (κ3) is 5.06. The summed E-state index contributed by atoms with van der Waals surface area (Å²) in [5, 5.41) is 37.0. The number of aliphatic carboxylic acids is 1. The first-order valence-electron chi connectivity index (χ1n) is 14.2. The van der Waals surface area contributed by atoms with Crippen LogP contribution in [0.25, 0.3) is 0 Å². The number of β-lactam (4-membered cyclic amide) rings is 1. The monoisotopic (exact) mass is 588 g/mol. The number of aliphatic hydroxyl groups excluding tert-OH is 1. The van der Waals surface area contributed by atoms with Crippen molar-refractivity contribution in [1.82, 2.24) is 40.6 Å². The van der Waals surface area contributed by atoms with Crippen LogP contribution in [0, 0.1) is 23.7 Å². The number of amides is 2. The molecule has 15 heteroatoms. The van der Waals surface area contributed by atoms with Crippen molar-refractivity contribution in [2.24, 2.45) is 23.7 Å². The van der Waals surface area contributed by atoms with Crippen molar-refractivity contribution in [3.05, 3.63) is 16.9 Å². The lowest BCUT2D eigenvalue weighted by atomic mass is 9.73. The second-order valence-corrected chi connectivity index (χ2v) is 13.4. The number of nitrogens with one attached hydrogen (secondary N) is 2. The van der Waals surface area contributed by atoms with Crippen LogP contribution in [0.1, 0.15) is 33.1 Å². The largest absolute Gasteiger partial charge is 0.477 e. The molecule has 222 valence electrons. The van der Waals surface area contributed by atoms with Crippen molar-refractivity contribution >= 4 is 35.3 Å². The van der Waals surface area contributed by atoms with Gasteiger partial charge >= 0.3 is 5.97 Å². The van der Waals surface area contributed by atoms with Gasteiger partial charge in [0.1, 0.15) is 18.6 Å². The van der Waals surface area contributed by atoms with Crippen LogP contribution in [0.15, 0.2) is 16.9 Å². The Morgan fingerprint density at radius 2 is 2.05 bits per heavy atom. The minimum Gasteiger partial charge on any atom is -0.477 e. The molecule has 4 fully saturated rings. The molecule has 0 spiro atoms. The summed E-state index contributed by atoms with van der Waals surface area (Å²) in [6.07, 6.45) is 2.98. The van der Waals surface area contributed by atoms with E-state index in [9.17, 15) is 29.4 Å². The van der Waals surface area contributed by atoms with E-state index in [0.717, 1.165) is 6.42 Å². The summed E-state index contributed by atoms with van der Waals surface area (Å²) < 4.78 is 1.34. The summed E-state index contributed by atoms with van der Waals surface area (Å²) in [7, 11) is 0. The number of hydrogen-bond acceptors (Lipinski definition) is 11. The molecule has 9 unspecified atom stereocenters. The van der Waals surface area contributed by atoms with Crippen molar-refractivity contribution in [3.63, 3.8) is 0 Å². The molecule has 5 aliphatic heterocycles. The number of nitrogens with zero attached hydrogens (tertiary/aromatic N) is 6. The van der Waals surface area contributed by atoms with Crippen molar-refractivity contribution in [3.8, 4) is 0 Å². The van der Waals surface area contributed by atoms with Crippen molar-refractivity contribution < 1.29 is 29.4 Å². The fourth-order valence-electron chi connectivity index (χ4n) is 7.47. The van der Waals surface area contributed by atoms with Gasteiger partial charge in [-0.1, -0.05) is 13.8 Å². The van der Waals surface area contributed by atoms with E-state index >= 15 is 0 Å². The number of aliphatic hydroxyl groups is 1. The lowest BCUT2D eigenvalue weighted by Crippen LogP contribution is -2.62. The first kappa shape index (κ1) is 28.2. The normalized spacial score (nSPS) is 35.0. The minimum absolute atomic E-state index is 0.00251. The van der Waals surface area contributed by atoms with Crippen LogP contribution < -0.4 is 10.6 Å². The molecule has 0 aromatic carbocycles. The van der Waals surface area contributed by atoms with Gasteiger partial charge in [-0.25, -0.2) is 9.48 Å². The van der Waals surface area contributed by atoms with Crippen LogP contribution in [0.2, 0.25) is 0 Å². The van der Waals surface area contributed by atoms with E-state index in [2.05, 4.69) is 26.2 Å². The average molecular weight is 589 g/mol.